The van der Waals surface area contributed by atoms with Gasteiger partial charge in [-0.15, -0.1) is 0 Å². The molecule has 1 heterocycles. The fourth-order valence-corrected chi connectivity index (χ4v) is 4.42. The summed E-state index contributed by atoms with van der Waals surface area (Å²) < 4.78 is 0. The first kappa shape index (κ1) is 17.0. The number of carbonyl (C=O) groups excluding carboxylic acids is 1. The molecule has 28 heavy (non-hydrogen) atoms. The number of carbonyl (C=O) groups is 1. The Labute approximate surface area is 165 Å². The molecule has 138 valence electrons. The van der Waals surface area contributed by atoms with Gasteiger partial charge >= 0.3 is 0 Å². The first-order valence-corrected chi connectivity index (χ1v) is 10.1. The zero-order valence-electron chi connectivity index (χ0n) is 15.9. The number of hydrogen-bond acceptors (Lipinski definition) is 1. The maximum Gasteiger partial charge on any atom is 0.246 e. The van der Waals surface area contributed by atoms with Crippen molar-refractivity contribution in [1.29, 1.82) is 0 Å². The number of benzene rings is 4. The van der Waals surface area contributed by atoms with E-state index in [9.17, 15) is 4.79 Å². The maximum absolute atomic E-state index is 12.3. The van der Waals surface area contributed by atoms with E-state index < -0.39 is 0 Å². The summed E-state index contributed by atoms with van der Waals surface area (Å²) in [6, 6.07) is 19.7. The largest absolute Gasteiger partial charge is 0.339 e. The molecule has 1 saturated heterocycles. The summed E-state index contributed by atoms with van der Waals surface area (Å²) in [7, 11) is 0. The highest BCUT2D eigenvalue weighted by Crippen LogP contribution is 2.36. The first-order valence-electron chi connectivity index (χ1n) is 10.1. The number of hydrogen-bond donors (Lipinski definition) is 0. The lowest BCUT2D eigenvalue weighted by Crippen LogP contribution is -2.34. The Balaban J connectivity index is 1.48. The zero-order chi connectivity index (χ0) is 18.9. The van der Waals surface area contributed by atoms with Crippen molar-refractivity contribution in [1.82, 2.24) is 4.90 Å². The van der Waals surface area contributed by atoms with E-state index in [-0.39, 0.29) is 5.91 Å². The lowest BCUT2D eigenvalue weighted by atomic mass is 9.92. The van der Waals surface area contributed by atoms with Crippen LogP contribution in [0.2, 0.25) is 0 Å². The summed E-state index contributed by atoms with van der Waals surface area (Å²) in [4.78, 5) is 14.2. The van der Waals surface area contributed by atoms with Gasteiger partial charge in [-0.25, -0.2) is 0 Å². The van der Waals surface area contributed by atoms with Gasteiger partial charge in [0.2, 0.25) is 5.91 Å². The molecular formula is C26H23NO. The summed E-state index contributed by atoms with van der Waals surface area (Å²) in [5.41, 5.74) is 1.18. The van der Waals surface area contributed by atoms with Crippen LogP contribution in [0.4, 0.5) is 0 Å². The average molecular weight is 365 g/mol. The van der Waals surface area contributed by atoms with Gasteiger partial charge in [0.15, 0.2) is 0 Å². The van der Waals surface area contributed by atoms with E-state index in [0.29, 0.717) is 0 Å². The van der Waals surface area contributed by atoms with Crippen molar-refractivity contribution in [3.8, 4) is 0 Å². The third kappa shape index (κ3) is 2.95. The normalized spacial score (nSPS) is 15.6. The molecule has 1 fully saturated rings. The Bertz CT molecular complexity index is 1200. The Kier molecular flexibility index (Phi) is 4.32. The van der Waals surface area contributed by atoms with Gasteiger partial charge in [0.05, 0.1) is 0 Å². The molecule has 2 nitrogen and oxygen atoms in total. The number of nitrogens with zero attached hydrogens (tertiary/aromatic N) is 1. The Morgan fingerprint density at radius 2 is 1.43 bits per heavy atom. The topological polar surface area (TPSA) is 20.3 Å². The van der Waals surface area contributed by atoms with E-state index in [1.54, 1.807) is 6.08 Å². The third-order valence-electron chi connectivity index (χ3n) is 5.86. The van der Waals surface area contributed by atoms with Gasteiger partial charge in [-0.1, -0.05) is 72.8 Å². The molecule has 0 radical (unpaired) electrons. The molecule has 5 rings (SSSR count). The molecule has 0 aliphatic carbocycles. The summed E-state index contributed by atoms with van der Waals surface area (Å²) in [6.07, 6.45) is 11.1. The van der Waals surface area contributed by atoms with Crippen molar-refractivity contribution in [2.45, 2.75) is 19.3 Å². The first-order chi connectivity index (χ1) is 13.8. The van der Waals surface area contributed by atoms with Crippen LogP contribution >= 0.6 is 0 Å². The van der Waals surface area contributed by atoms with Gasteiger partial charge in [0.1, 0.15) is 0 Å². The van der Waals surface area contributed by atoms with Crippen LogP contribution in [0.25, 0.3) is 38.4 Å². The van der Waals surface area contributed by atoms with Crippen LogP contribution in [0, 0.1) is 0 Å². The second-order valence-corrected chi connectivity index (χ2v) is 7.62. The second kappa shape index (κ2) is 7.12. The predicted octanol–water partition coefficient (Wildman–Crippen LogP) is 6.17. The molecule has 2 heteroatoms. The van der Waals surface area contributed by atoms with Crippen LogP contribution in [0.1, 0.15) is 24.8 Å². The maximum atomic E-state index is 12.3. The SMILES string of the molecule is O=C(/C=C/C=C/c1ccc2ccc3cccc4ccc1c2c34)N1CCCCC1. The van der Waals surface area contributed by atoms with Crippen LogP contribution < -0.4 is 0 Å². The second-order valence-electron chi connectivity index (χ2n) is 7.62. The molecule has 0 atom stereocenters. The van der Waals surface area contributed by atoms with Crippen LogP contribution in [0.3, 0.4) is 0 Å². The summed E-state index contributed by atoms with van der Waals surface area (Å²) in [5.74, 6) is 0.125. The van der Waals surface area contributed by atoms with Gasteiger partial charge in [-0.2, -0.15) is 0 Å². The number of allylic oxidation sites excluding steroid dienone is 2. The van der Waals surface area contributed by atoms with E-state index >= 15 is 0 Å². The van der Waals surface area contributed by atoms with Crippen LogP contribution in [-0.2, 0) is 4.79 Å². The quantitative estimate of drug-likeness (QED) is 0.242. The molecule has 1 aliphatic heterocycles. The standard InChI is InChI=1S/C26H23NO/c28-24(27-17-4-1-5-18-27)10-3-2-7-19-11-12-22-14-13-20-8-6-9-21-15-16-23(19)26(22)25(20)21/h2-3,6-16H,1,4-5,17-18H2/b7-2+,10-3+. The fourth-order valence-electron chi connectivity index (χ4n) is 4.42. The van der Waals surface area contributed by atoms with Crippen molar-refractivity contribution < 1.29 is 4.79 Å². The van der Waals surface area contributed by atoms with Crippen LogP contribution in [0.5, 0.6) is 0 Å². The minimum Gasteiger partial charge on any atom is -0.339 e. The monoisotopic (exact) mass is 365 g/mol. The van der Waals surface area contributed by atoms with Gasteiger partial charge < -0.3 is 4.90 Å². The molecule has 1 amide bonds. The molecule has 0 unspecified atom stereocenters. The Morgan fingerprint density at radius 1 is 0.750 bits per heavy atom. The Morgan fingerprint density at radius 3 is 2.21 bits per heavy atom. The highest BCUT2D eigenvalue weighted by molar-refractivity contribution is 6.24. The van der Waals surface area contributed by atoms with Gasteiger partial charge in [0.25, 0.3) is 0 Å². The minimum atomic E-state index is 0.125. The lowest BCUT2D eigenvalue weighted by Gasteiger charge is -2.25. The summed E-state index contributed by atoms with van der Waals surface area (Å²) in [6.45, 7) is 1.78. The smallest absolute Gasteiger partial charge is 0.246 e. The molecule has 0 N–H and O–H groups in total. The summed E-state index contributed by atoms with van der Waals surface area (Å²) in [5, 5.41) is 7.75. The van der Waals surface area contributed by atoms with Crippen molar-refractivity contribution in [2.24, 2.45) is 0 Å². The fraction of sp³-hybridized carbons (Fsp3) is 0.192. The van der Waals surface area contributed by atoms with Crippen molar-refractivity contribution >= 4 is 44.3 Å². The molecule has 4 aromatic rings. The molecule has 4 aromatic carbocycles. The van der Waals surface area contributed by atoms with Crippen LogP contribution in [0.15, 0.2) is 72.8 Å². The van der Waals surface area contributed by atoms with Crippen molar-refractivity contribution in [2.75, 3.05) is 13.1 Å². The molecule has 1 aliphatic rings. The highest BCUT2D eigenvalue weighted by Gasteiger charge is 2.13. The van der Waals surface area contributed by atoms with Gasteiger partial charge in [-0.05, 0) is 57.1 Å². The number of piperidine rings is 1. The lowest BCUT2D eigenvalue weighted by molar-refractivity contribution is -0.126. The van der Waals surface area contributed by atoms with E-state index in [4.69, 9.17) is 0 Å². The molecule has 0 saturated carbocycles. The predicted molar refractivity (Wildman–Crippen MR) is 119 cm³/mol. The van der Waals surface area contributed by atoms with E-state index in [0.717, 1.165) is 25.9 Å². The minimum absolute atomic E-state index is 0.125. The molecule has 0 bridgehead atoms. The number of rotatable bonds is 3. The summed E-state index contributed by atoms with van der Waals surface area (Å²) >= 11 is 0. The molecular weight excluding hydrogens is 342 g/mol. The van der Waals surface area contributed by atoms with Gasteiger partial charge in [-0.3, -0.25) is 4.79 Å². The van der Waals surface area contributed by atoms with E-state index in [2.05, 4.69) is 60.7 Å². The van der Waals surface area contributed by atoms with Gasteiger partial charge in [0, 0.05) is 19.2 Å². The van der Waals surface area contributed by atoms with Crippen molar-refractivity contribution in [3.63, 3.8) is 0 Å². The molecule has 0 spiro atoms. The molecule has 0 aromatic heterocycles. The number of likely N-dealkylation sites (tertiary alicyclic amines) is 1. The van der Waals surface area contributed by atoms with E-state index in [1.807, 2.05) is 17.1 Å². The van der Waals surface area contributed by atoms with Crippen LogP contribution in [-0.4, -0.2) is 23.9 Å². The zero-order valence-corrected chi connectivity index (χ0v) is 15.9. The Hall–Kier alpha value is -3.13. The van der Waals surface area contributed by atoms with Crippen molar-refractivity contribution in [3.05, 3.63) is 78.4 Å². The van der Waals surface area contributed by atoms with E-state index in [1.165, 1.54) is 44.3 Å². The highest BCUT2D eigenvalue weighted by atomic mass is 16.2. The third-order valence-corrected chi connectivity index (χ3v) is 5.86. The number of amides is 1. The average Bonchev–Trinajstić information content (AvgIpc) is 2.76.